The van der Waals surface area contributed by atoms with Crippen LogP contribution in [0.5, 0.6) is 0 Å². The first-order chi connectivity index (χ1) is 13.5. The molecule has 2 N–H and O–H groups in total. The van der Waals surface area contributed by atoms with E-state index < -0.39 is 0 Å². The Balaban J connectivity index is 1.76. The zero-order valence-corrected chi connectivity index (χ0v) is 16.0. The van der Waals surface area contributed by atoms with Crippen LogP contribution in [-0.2, 0) is 6.54 Å². The minimum absolute atomic E-state index is 0.141. The lowest BCUT2D eigenvalue weighted by Crippen LogP contribution is -2.23. The first-order valence-electron chi connectivity index (χ1n) is 9.03. The van der Waals surface area contributed by atoms with Crippen molar-refractivity contribution in [3.63, 3.8) is 0 Å². The van der Waals surface area contributed by atoms with Gasteiger partial charge in [-0.25, -0.2) is 0 Å². The Morgan fingerprint density at radius 2 is 1.61 bits per heavy atom. The maximum atomic E-state index is 13.0. The van der Waals surface area contributed by atoms with Crippen molar-refractivity contribution >= 4 is 17.3 Å². The smallest absolute Gasteiger partial charge is 0.267 e. The SMILES string of the molecule is CN(C)C=C(C(=O)c1c[nH]c(C(=O)NCc2ccccc2)c1)c1ccccc1. The number of allylic oxidation sites excluding steroid dienone is 1. The lowest BCUT2D eigenvalue weighted by Gasteiger charge is -2.11. The number of hydrogen-bond acceptors (Lipinski definition) is 3. The number of aromatic amines is 1. The van der Waals surface area contributed by atoms with Crippen LogP contribution in [0, 0.1) is 0 Å². The Morgan fingerprint density at radius 3 is 2.25 bits per heavy atom. The molecule has 1 heterocycles. The molecule has 5 heteroatoms. The molecule has 0 saturated carbocycles. The molecule has 0 unspecified atom stereocenters. The van der Waals surface area contributed by atoms with Crippen molar-refractivity contribution in [3.8, 4) is 0 Å². The van der Waals surface area contributed by atoms with Gasteiger partial charge in [-0.2, -0.15) is 0 Å². The van der Waals surface area contributed by atoms with E-state index in [2.05, 4.69) is 10.3 Å². The molecule has 0 fully saturated rings. The van der Waals surface area contributed by atoms with Crippen molar-refractivity contribution in [2.45, 2.75) is 6.54 Å². The van der Waals surface area contributed by atoms with Gasteiger partial charge in [-0.05, 0) is 17.2 Å². The van der Waals surface area contributed by atoms with E-state index >= 15 is 0 Å². The third-order valence-electron chi connectivity index (χ3n) is 4.20. The first kappa shape index (κ1) is 19.2. The molecular formula is C23H23N3O2. The van der Waals surface area contributed by atoms with Crippen LogP contribution < -0.4 is 5.32 Å². The highest BCUT2D eigenvalue weighted by Gasteiger charge is 2.18. The summed E-state index contributed by atoms with van der Waals surface area (Å²) in [6, 6.07) is 20.8. The molecule has 0 bridgehead atoms. The van der Waals surface area contributed by atoms with Gasteiger partial charge in [-0.15, -0.1) is 0 Å². The molecule has 0 aliphatic carbocycles. The summed E-state index contributed by atoms with van der Waals surface area (Å²) < 4.78 is 0. The van der Waals surface area contributed by atoms with Gasteiger partial charge in [0, 0.05) is 44.2 Å². The van der Waals surface area contributed by atoms with E-state index in [9.17, 15) is 9.59 Å². The number of ketones is 1. The van der Waals surface area contributed by atoms with Crippen LogP contribution in [0.15, 0.2) is 79.1 Å². The summed E-state index contributed by atoms with van der Waals surface area (Å²) in [5.74, 6) is -0.390. The van der Waals surface area contributed by atoms with Crippen LogP contribution >= 0.6 is 0 Å². The molecule has 3 rings (SSSR count). The number of benzene rings is 2. The lowest BCUT2D eigenvalue weighted by molar-refractivity contribution is 0.0946. The van der Waals surface area contributed by atoms with Gasteiger partial charge in [0.15, 0.2) is 5.78 Å². The standard InChI is InChI=1S/C23H23N3O2/c1-26(2)16-20(18-11-7-4-8-12-18)22(27)19-13-21(24-15-19)23(28)25-14-17-9-5-3-6-10-17/h3-13,15-16,24H,14H2,1-2H3,(H,25,28). The van der Waals surface area contributed by atoms with Crippen LogP contribution in [-0.4, -0.2) is 35.7 Å². The van der Waals surface area contributed by atoms with Crippen LogP contribution in [0.3, 0.4) is 0 Å². The van der Waals surface area contributed by atoms with Gasteiger partial charge in [0.2, 0.25) is 0 Å². The zero-order chi connectivity index (χ0) is 19.9. The van der Waals surface area contributed by atoms with Gasteiger partial charge in [-0.1, -0.05) is 60.7 Å². The third kappa shape index (κ3) is 4.76. The number of nitrogens with one attached hydrogen (secondary N) is 2. The highest BCUT2D eigenvalue weighted by Crippen LogP contribution is 2.21. The molecule has 1 aromatic heterocycles. The van der Waals surface area contributed by atoms with Crippen molar-refractivity contribution in [2.75, 3.05) is 14.1 Å². The first-order valence-corrected chi connectivity index (χ1v) is 9.03. The number of carbonyl (C=O) groups is 2. The maximum Gasteiger partial charge on any atom is 0.267 e. The van der Waals surface area contributed by atoms with Crippen molar-refractivity contribution in [2.24, 2.45) is 0 Å². The molecule has 0 spiro atoms. The number of Topliss-reactive ketones (excluding diaryl/α,β-unsaturated/α-hetero) is 1. The number of aromatic nitrogens is 1. The molecule has 0 atom stereocenters. The van der Waals surface area contributed by atoms with Gasteiger partial charge in [0.05, 0.1) is 0 Å². The molecule has 0 radical (unpaired) electrons. The number of carbonyl (C=O) groups excluding carboxylic acids is 2. The van der Waals surface area contributed by atoms with Crippen molar-refractivity contribution in [1.82, 2.24) is 15.2 Å². The van der Waals surface area contributed by atoms with E-state index in [4.69, 9.17) is 0 Å². The van der Waals surface area contributed by atoms with E-state index in [1.165, 1.54) is 0 Å². The molecule has 0 aliphatic heterocycles. The monoisotopic (exact) mass is 373 g/mol. The van der Waals surface area contributed by atoms with Gasteiger partial charge in [0.1, 0.15) is 5.69 Å². The number of hydrogen-bond donors (Lipinski definition) is 2. The highest BCUT2D eigenvalue weighted by molar-refractivity contribution is 6.29. The fourth-order valence-corrected chi connectivity index (χ4v) is 2.83. The van der Waals surface area contributed by atoms with Crippen molar-refractivity contribution in [3.05, 3.63) is 102 Å². The lowest BCUT2D eigenvalue weighted by atomic mass is 9.99. The fourth-order valence-electron chi connectivity index (χ4n) is 2.83. The largest absolute Gasteiger partial charge is 0.383 e. The second-order valence-electron chi connectivity index (χ2n) is 6.67. The molecule has 5 nitrogen and oxygen atoms in total. The van der Waals surface area contributed by atoms with Crippen LogP contribution in [0.4, 0.5) is 0 Å². The van der Waals surface area contributed by atoms with E-state index in [0.29, 0.717) is 23.4 Å². The zero-order valence-electron chi connectivity index (χ0n) is 16.0. The van der Waals surface area contributed by atoms with Gasteiger partial charge in [0.25, 0.3) is 5.91 Å². The Hall–Kier alpha value is -3.60. The summed E-state index contributed by atoms with van der Waals surface area (Å²) >= 11 is 0. The summed E-state index contributed by atoms with van der Waals surface area (Å²) in [7, 11) is 3.74. The Bertz CT molecular complexity index is 973. The molecule has 142 valence electrons. The normalized spacial score (nSPS) is 11.1. The Kier molecular flexibility index (Phi) is 6.07. The topological polar surface area (TPSA) is 65.2 Å². The van der Waals surface area contributed by atoms with Crippen LogP contribution in [0.2, 0.25) is 0 Å². The van der Waals surface area contributed by atoms with E-state index in [1.54, 1.807) is 18.5 Å². The Labute approximate surface area is 164 Å². The number of H-pyrrole nitrogens is 1. The molecule has 28 heavy (non-hydrogen) atoms. The summed E-state index contributed by atoms with van der Waals surface area (Å²) in [6.45, 7) is 0.428. The van der Waals surface area contributed by atoms with Crippen molar-refractivity contribution in [1.29, 1.82) is 0 Å². The fraction of sp³-hybridized carbons (Fsp3) is 0.130. The van der Waals surface area contributed by atoms with Crippen molar-refractivity contribution < 1.29 is 9.59 Å². The molecule has 1 amide bonds. The van der Waals surface area contributed by atoms with Gasteiger partial charge < -0.3 is 15.2 Å². The predicted molar refractivity (Wildman–Crippen MR) is 111 cm³/mol. The average molecular weight is 373 g/mol. The minimum Gasteiger partial charge on any atom is -0.383 e. The van der Waals surface area contributed by atoms with Gasteiger partial charge in [-0.3, -0.25) is 9.59 Å². The minimum atomic E-state index is -0.249. The Morgan fingerprint density at radius 1 is 0.964 bits per heavy atom. The van der Waals surface area contributed by atoms with Gasteiger partial charge >= 0.3 is 0 Å². The summed E-state index contributed by atoms with van der Waals surface area (Å²) in [4.78, 5) is 30.2. The molecule has 2 aromatic carbocycles. The van der Waals surface area contributed by atoms with Crippen LogP contribution in [0.25, 0.3) is 5.57 Å². The quantitative estimate of drug-likeness (QED) is 0.490. The summed E-state index contributed by atoms with van der Waals surface area (Å²) in [5.41, 5.74) is 3.22. The summed E-state index contributed by atoms with van der Waals surface area (Å²) in [6.07, 6.45) is 3.37. The third-order valence-corrected chi connectivity index (χ3v) is 4.20. The van der Waals surface area contributed by atoms with Crippen LogP contribution in [0.1, 0.15) is 32.0 Å². The number of rotatable bonds is 7. The summed E-state index contributed by atoms with van der Waals surface area (Å²) in [5, 5.41) is 2.86. The van der Waals surface area contributed by atoms with E-state index in [-0.39, 0.29) is 11.7 Å². The highest BCUT2D eigenvalue weighted by atomic mass is 16.2. The number of nitrogens with zero attached hydrogens (tertiary/aromatic N) is 1. The second kappa shape index (κ2) is 8.86. The predicted octanol–water partition coefficient (Wildman–Crippen LogP) is 3.73. The second-order valence-corrected chi connectivity index (χ2v) is 6.67. The molecule has 0 saturated heterocycles. The van der Waals surface area contributed by atoms with E-state index in [1.807, 2.05) is 79.7 Å². The number of amides is 1. The molecular weight excluding hydrogens is 350 g/mol. The van der Waals surface area contributed by atoms with E-state index in [0.717, 1.165) is 11.1 Å². The maximum absolute atomic E-state index is 13.0. The molecule has 0 aliphatic rings. The molecule has 3 aromatic rings. The average Bonchev–Trinajstić information content (AvgIpc) is 3.21.